The van der Waals surface area contributed by atoms with Crippen molar-refractivity contribution < 1.29 is 0 Å². The summed E-state index contributed by atoms with van der Waals surface area (Å²) < 4.78 is 6.97. The fraction of sp³-hybridized carbons (Fsp3) is 0.515. The fourth-order valence-electron chi connectivity index (χ4n) is 6.58. The van der Waals surface area contributed by atoms with E-state index in [2.05, 4.69) is 105 Å². The van der Waals surface area contributed by atoms with E-state index in [4.69, 9.17) is 0 Å². The van der Waals surface area contributed by atoms with Crippen LogP contribution >= 0.6 is 0 Å². The number of benzene rings is 2. The standard InChI is InChI=1S/C33H52Ge4/c1-34(2,3)30-16-17-31(35(4,5)6)27-21-24(20-26(27)30)14-13-15-25-22-28-29(23-25)33(37(10,11)12)19-18-32(28)36(7,8)9/h16-20,22H,13-15,21,23H2,1-12H3. The molecule has 2 aliphatic rings. The van der Waals surface area contributed by atoms with Crippen molar-refractivity contribution in [3.05, 3.63) is 57.7 Å². The minimum absolute atomic E-state index is 1.22. The molecule has 0 nitrogen and oxygen atoms in total. The van der Waals surface area contributed by atoms with E-state index < -0.39 is 53.1 Å². The molecular weight excluding hydrogens is 687 g/mol. The minimum atomic E-state index is -1.90. The molecule has 0 unspecified atom stereocenters. The Hall–Kier alpha value is 0.0914. The molecule has 200 valence electrons. The van der Waals surface area contributed by atoms with Crippen LogP contribution in [0.3, 0.4) is 0 Å². The second-order valence-corrected chi connectivity index (χ2v) is 58.2. The molecule has 0 heterocycles. The topological polar surface area (TPSA) is 0 Å². The van der Waals surface area contributed by atoms with Gasteiger partial charge >= 0.3 is 242 Å². The summed E-state index contributed by atoms with van der Waals surface area (Å²) in [5.74, 6) is 30.8. The van der Waals surface area contributed by atoms with E-state index in [1.807, 2.05) is 0 Å². The van der Waals surface area contributed by atoms with Gasteiger partial charge in [-0.1, -0.05) is 0 Å². The first-order valence-corrected chi connectivity index (χ1v) is 44.0. The molecule has 4 rings (SSSR count). The van der Waals surface area contributed by atoms with Gasteiger partial charge in [-0.2, -0.15) is 0 Å². The molecule has 0 bridgehead atoms. The average molecular weight is 739 g/mol. The van der Waals surface area contributed by atoms with Crippen molar-refractivity contribution in [2.24, 2.45) is 0 Å². The van der Waals surface area contributed by atoms with Crippen molar-refractivity contribution in [3.63, 3.8) is 0 Å². The third-order valence-corrected chi connectivity index (χ3v) is 25.8. The van der Waals surface area contributed by atoms with E-state index in [1.165, 1.54) is 32.1 Å². The van der Waals surface area contributed by atoms with Crippen LogP contribution in [0.4, 0.5) is 0 Å². The van der Waals surface area contributed by atoms with Gasteiger partial charge in [0.05, 0.1) is 0 Å². The van der Waals surface area contributed by atoms with Crippen LogP contribution in [-0.4, -0.2) is 53.1 Å². The van der Waals surface area contributed by atoms with E-state index in [9.17, 15) is 0 Å². The molecular formula is C33H52Ge4. The Labute approximate surface area is 239 Å². The molecule has 4 heteroatoms. The van der Waals surface area contributed by atoms with E-state index in [0.717, 1.165) is 0 Å². The normalized spacial score (nSPS) is 16.0. The molecule has 0 saturated heterocycles. The van der Waals surface area contributed by atoms with E-state index in [0.29, 0.717) is 0 Å². The molecule has 0 spiro atoms. The molecule has 0 saturated carbocycles. The molecule has 0 amide bonds. The summed E-state index contributed by atoms with van der Waals surface area (Å²) in [5, 5.41) is 0. The zero-order valence-corrected chi connectivity index (χ0v) is 34.4. The van der Waals surface area contributed by atoms with Crippen molar-refractivity contribution in [1.82, 2.24) is 0 Å². The fourth-order valence-corrected chi connectivity index (χ4v) is 20.5. The summed E-state index contributed by atoms with van der Waals surface area (Å²) in [6.07, 6.45) is 11.6. The molecule has 2 aromatic carbocycles. The zero-order valence-electron chi connectivity index (χ0n) is 26.0. The summed E-state index contributed by atoms with van der Waals surface area (Å²) in [5.41, 5.74) is 10.2. The van der Waals surface area contributed by atoms with Crippen LogP contribution in [0.25, 0.3) is 12.2 Å². The van der Waals surface area contributed by atoms with Crippen molar-refractivity contribution >= 4 is 82.8 Å². The third kappa shape index (κ3) is 6.54. The number of allylic oxidation sites excluding steroid dienone is 2. The van der Waals surface area contributed by atoms with Gasteiger partial charge in [-0.3, -0.25) is 0 Å². The maximum absolute atomic E-state index is 2.65. The number of rotatable bonds is 8. The summed E-state index contributed by atoms with van der Waals surface area (Å²) in [7, 11) is 0. The molecule has 2 aromatic rings. The van der Waals surface area contributed by atoms with Crippen molar-refractivity contribution in [2.45, 2.75) is 101 Å². The predicted molar refractivity (Wildman–Crippen MR) is 182 cm³/mol. The van der Waals surface area contributed by atoms with Crippen LogP contribution in [0.1, 0.15) is 41.5 Å². The number of fused-ring (bicyclic) bond motifs is 2. The Morgan fingerprint density at radius 2 is 0.757 bits per heavy atom. The van der Waals surface area contributed by atoms with E-state index >= 15 is 0 Å². The predicted octanol–water partition coefficient (Wildman–Crippen LogP) is 7.62. The zero-order chi connectivity index (χ0) is 27.6. The van der Waals surface area contributed by atoms with Gasteiger partial charge in [0, 0.05) is 0 Å². The maximum atomic E-state index is 2.65. The van der Waals surface area contributed by atoms with Gasteiger partial charge in [0.1, 0.15) is 0 Å². The van der Waals surface area contributed by atoms with Crippen molar-refractivity contribution in [1.29, 1.82) is 0 Å². The van der Waals surface area contributed by atoms with Crippen LogP contribution < -0.4 is 17.6 Å². The molecule has 0 aliphatic heterocycles. The van der Waals surface area contributed by atoms with Crippen LogP contribution in [0.15, 0.2) is 35.4 Å². The number of hydrogen-bond donors (Lipinski definition) is 0. The second-order valence-electron chi connectivity index (χ2n) is 15.9. The van der Waals surface area contributed by atoms with Crippen LogP contribution in [-0.2, 0) is 12.8 Å². The molecule has 0 aromatic heterocycles. The van der Waals surface area contributed by atoms with E-state index in [-0.39, 0.29) is 0 Å². The van der Waals surface area contributed by atoms with Gasteiger partial charge in [0.15, 0.2) is 0 Å². The van der Waals surface area contributed by atoms with E-state index in [1.54, 1.807) is 51.0 Å². The van der Waals surface area contributed by atoms with Gasteiger partial charge in [-0.15, -0.1) is 0 Å². The Bertz CT molecular complexity index is 1170. The molecule has 0 fully saturated rings. The van der Waals surface area contributed by atoms with Crippen LogP contribution in [0.2, 0.25) is 69.1 Å². The molecule has 37 heavy (non-hydrogen) atoms. The quantitative estimate of drug-likeness (QED) is 0.245. The van der Waals surface area contributed by atoms with Crippen LogP contribution in [0.5, 0.6) is 0 Å². The monoisotopic (exact) mass is 744 g/mol. The Balaban J connectivity index is 1.53. The summed E-state index contributed by atoms with van der Waals surface area (Å²) in [4.78, 5) is 0. The molecule has 0 radical (unpaired) electrons. The van der Waals surface area contributed by atoms with Gasteiger partial charge in [0.2, 0.25) is 0 Å². The second kappa shape index (κ2) is 10.5. The van der Waals surface area contributed by atoms with Gasteiger partial charge in [-0.25, -0.2) is 0 Å². The van der Waals surface area contributed by atoms with Gasteiger partial charge in [0.25, 0.3) is 0 Å². The summed E-state index contributed by atoms with van der Waals surface area (Å²) >= 11 is -7.58. The third-order valence-electron chi connectivity index (χ3n) is 8.45. The van der Waals surface area contributed by atoms with Gasteiger partial charge in [-0.05, 0) is 0 Å². The number of hydrogen-bond acceptors (Lipinski definition) is 0. The summed E-state index contributed by atoms with van der Waals surface area (Å²) in [6.45, 7) is 0. The Kier molecular flexibility index (Phi) is 8.52. The average Bonchev–Trinajstić information content (AvgIpc) is 3.32. The Morgan fingerprint density at radius 1 is 0.459 bits per heavy atom. The van der Waals surface area contributed by atoms with Crippen molar-refractivity contribution in [3.8, 4) is 0 Å². The van der Waals surface area contributed by atoms with Crippen molar-refractivity contribution in [2.75, 3.05) is 0 Å². The first kappa shape index (κ1) is 30.1. The molecule has 0 atom stereocenters. The SMILES string of the molecule is [CH3][Ge]([CH3])([CH3])[c]1cc[c]([Ge]([CH3])([CH3])[CH3])c2c1C=C(CCCC1=Cc3[c]([Ge]([CH3])([CH3])[CH3])cc[c]([Ge]([CH3])([CH3])[CH3])c3C1)C2. The first-order chi connectivity index (χ1) is 16.9. The first-order valence-electron chi connectivity index (χ1n) is 14.6. The molecule has 2 aliphatic carbocycles. The van der Waals surface area contributed by atoms with Gasteiger partial charge < -0.3 is 0 Å². The Morgan fingerprint density at radius 3 is 1.05 bits per heavy atom. The molecule has 0 N–H and O–H groups in total. The van der Waals surface area contributed by atoms with Crippen LogP contribution in [0, 0.1) is 0 Å². The summed E-state index contributed by atoms with van der Waals surface area (Å²) in [6, 6.07) is 10.2.